The molecule has 0 unspecified atom stereocenters. The number of carbonyl (C=O) groups excluding carboxylic acids is 1. The number of hydrogen-bond acceptors (Lipinski definition) is 3. The van der Waals surface area contributed by atoms with E-state index in [9.17, 15) is 4.79 Å². The van der Waals surface area contributed by atoms with Crippen LogP contribution >= 0.6 is 15.9 Å². The molecule has 0 spiro atoms. The van der Waals surface area contributed by atoms with Crippen LogP contribution in [0.2, 0.25) is 0 Å². The minimum Gasteiger partial charge on any atom is -0.493 e. The van der Waals surface area contributed by atoms with Gasteiger partial charge in [0.1, 0.15) is 6.61 Å². The number of rotatable bonds is 5. The lowest BCUT2D eigenvalue weighted by Gasteiger charge is -2.15. The smallest absolute Gasteiger partial charge is 0.256 e. The van der Waals surface area contributed by atoms with E-state index in [1.54, 1.807) is 7.11 Å². The van der Waals surface area contributed by atoms with Crippen molar-refractivity contribution < 1.29 is 14.3 Å². The van der Waals surface area contributed by atoms with Crippen molar-refractivity contribution in [3.63, 3.8) is 0 Å². The van der Waals surface area contributed by atoms with E-state index in [4.69, 9.17) is 9.47 Å². The van der Waals surface area contributed by atoms with Crippen molar-refractivity contribution in [2.24, 2.45) is 0 Å². The van der Waals surface area contributed by atoms with Crippen molar-refractivity contribution in [1.29, 1.82) is 0 Å². The molecule has 0 aromatic heterocycles. The summed E-state index contributed by atoms with van der Waals surface area (Å²) in [6.45, 7) is 0.409. The van der Waals surface area contributed by atoms with E-state index in [1.165, 1.54) is 5.39 Å². The minimum atomic E-state index is -0.113. The van der Waals surface area contributed by atoms with Gasteiger partial charge in [-0.05, 0) is 62.1 Å². The Morgan fingerprint density at radius 1 is 0.969 bits per heavy atom. The lowest BCUT2D eigenvalue weighted by atomic mass is 10.0. The van der Waals surface area contributed by atoms with Crippen LogP contribution in [0.4, 0.5) is 5.69 Å². The van der Waals surface area contributed by atoms with Crippen LogP contribution in [0.5, 0.6) is 11.5 Å². The number of ether oxygens (including phenoxy) is 2. The Bertz CT molecular complexity index is 1370. The largest absolute Gasteiger partial charge is 0.493 e. The summed E-state index contributed by atoms with van der Waals surface area (Å²) < 4.78 is 12.6. The van der Waals surface area contributed by atoms with Crippen molar-refractivity contribution in [2.45, 2.75) is 6.61 Å². The first-order valence-electron chi connectivity index (χ1n) is 10.2. The average Bonchev–Trinajstić information content (AvgIpc) is 3.13. The summed E-state index contributed by atoms with van der Waals surface area (Å²) in [5.74, 6) is 1.11. The number of nitrogens with one attached hydrogen (secondary N) is 1. The van der Waals surface area contributed by atoms with E-state index in [-0.39, 0.29) is 5.91 Å². The van der Waals surface area contributed by atoms with Crippen LogP contribution in [0.15, 0.2) is 83.3 Å². The van der Waals surface area contributed by atoms with E-state index in [2.05, 4.69) is 45.5 Å². The zero-order valence-corrected chi connectivity index (χ0v) is 19.0. The molecule has 5 heteroatoms. The number of benzene rings is 4. The highest BCUT2D eigenvalue weighted by molar-refractivity contribution is 9.10. The number of halogens is 1. The van der Waals surface area contributed by atoms with Gasteiger partial charge in [-0.15, -0.1) is 0 Å². The number of carbonyl (C=O) groups is 1. The number of anilines is 1. The van der Waals surface area contributed by atoms with Gasteiger partial charge in [0.15, 0.2) is 11.5 Å². The third-order valence-electron chi connectivity index (χ3n) is 5.52. The van der Waals surface area contributed by atoms with Gasteiger partial charge in [0.2, 0.25) is 0 Å². The third-order valence-corrected chi connectivity index (χ3v) is 6.11. The van der Waals surface area contributed by atoms with Crippen molar-refractivity contribution in [1.82, 2.24) is 0 Å². The molecule has 0 atom stereocenters. The maximum Gasteiger partial charge on any atom is 0.256 e. The van der Waals surface area contributed by atoms with Gasteiger partial charge in [0, 0.05) is 16.8 Å². The first-order valence-corrected chi connectivity index (χ1v) is 11.0. The van der Waals surface area contributed by atoms with E-state index < -0.39 is 0 Å². The van der Waals surface area contributed by atoms with E-state index in [0.717, 1.165) is 32.2 Å². The maximum atomic E-state index is 12.5. The predicted molar refractivity (Wildman–Crippen MR) is 132 cm³/mol. The van der Waals surface area contributed by atoms with E-state index in [0.29, 0.717) is 23.7 Å². The summed E-state index contributed by atoms with van der Waals surface area (Å²) in [5.41, 5.74) is 4.28. The molecular formula is C27H20BrNO3. The first-order chi connectivity index (χ1) is 15.6. The van der Waals surface area contributed by atoms with Gasteiger partial charge in [0.25, 0.3) is 5.91 Å². The lowest BCUT2D eigenvalue weighted by molar-refractivity contribution is -0.110. The van der Waals surface area contributed by atoms with Crippen molar-refractivity contribution >= 4 is 49.9 Å². The molecule has 1 N–H and O–H groups in total. The predicted octanol–water partition coefficient (Wildman–Crippen LogP) is 6.68. The summed E-state index contributed by atoms with van der Waals surface area (Å²) >= 11 is 3.62. The molecule has 4 aromatic carbocycles. The second kappa shape index (κ2) is 8.52. The Morgan fingerprint density at radius 3 is 2.62 bits per heavy atom. The van der Waals surface area contributed by atoms with Gasteiger partial charge >= 0.3 is 0 Å². The molecular weight excluding hydrogens is 466 g/mol. The first kappa shape index (κ1) is 20.3. The Labute approximate surface area is 194 Å². The maximum absolute atomic E-state index is 12.5. The van der Waals surface area contributed by atoms with E-state index >= 15 is 0 Å². The quantitative estimate of drug-likeness (QED) is 0.320. The molecule has 4 aromatic rings. The van der Waals surface area contributed by atoms with Crippen LogP contribution in [0.3, 0.4) is 0 Å². The van der Waals surface area contributed by atoms with Crippen molar-refractivity contribution in [2.75, 3.05) is 12.4 Å². The fraction of sp³-hybridized carbons (Fsp3) is 0.0741. The van der Waals surface area contributed by atoms with Gasteiger partial charge < -0.3 is 14.8 Å². The Morgan fingerprint density at radius 2 is 1.75 bits per heavy atom. The van der Waals surface area contributed by atoms with Gasteiger partial charge in [0.05, 0.1) is 11.6 Å². The summed E-state index contributed by atoms with van der Waals surface area (Å²) in [6.07, 6.45) is 1.86. The van der Waals surface area contributed by atoms with Crippen LogP contribution in [0.1, 0.15) is 16.7 Å². The van der Waals surface area contributed by atoms with E-state index in [1.807, 2.05) is 60.7 Å². The van der Waals surface area contributed by atoms with Crippen LogP contribution in [-0.4, -0.2) is 13.0 Å². The molecule has 1 amide bonds. The average molecular weight is 486 g/mol. The zero-order valence-electron chi connectivity index (χ0n) is 17.4. The summed E-state index contributed by atoms with van der Waals surface area (Å²) in [6, 6.07) is 25.9. The number of hydrogen-bond donors (Lipinski definition) is 1. The fourth-order valence-corrected chi connectivity index (χ4v) is 4.55. The van der Waals surface area contributed by atoms with Crippen LogP contribution < -0.4 is 14.8 Å². The molecule has 158 valence electrons. The Kier molecular flexibility index (Phi) is 5.41. The summed E-state index contributed by atoms with van der Waals surface area (Å²) in [4.78, 5) is 12.5. The molecule has 0 aliphatic carbocycles. The lowest BCUT2D eigenvalue weighted by Crippen LogP contribution is -2.03. The number of methoxy groups -OCH3 is 1. The Hall–Kier alpha value is -3.57. The molecule has 0 radical (unpaired) electrons. The number of para-hydroxylation sites is 1. The molecule has 32 heavy (non-hydrogen) atoms. The highest BCUT2D eigenvalue weighted by atomic mass is 79.9. The molecule has 0 fully saturated rings. The topological polar surface area (TPSA) is 47.6 Å². The highest BCUT2D eigenvalue weighted by Crippen LogP contribution is 2.39. The van der Waals surface area contributed by atoms with Crippen LogP contribution in [-0.2, 0) is 11.4 Å². The number of amides is 1. The number of fused-ring (bicyclic) bond motifs is 2. The zero-order chi connectivity index (χ0) is 22.1. The SMILES string of the molecule is COc1cc(/C=C2\C(=O)Nc3ccccc32)cc(Br)c1OCc1cccc2ccccc12. The van der Waals surface area contributed by atoms with Crippen molar-refractivity contribution in [3.05, 3.63) is 100 Å². The second-order valence-corrected chi connectivity index (χ2v) is 8.37. The standard InChI is InChI=1S/C27H20BrNO3/c1-31-25-15-17(13-22-21-11-4-5-12-24(21)29-27(22)30)14-23(28)26(25)32-16-19-9-6-8-18-7-2-3-10-20(18)19/h2-15H,16H2,1H3,(H,29,30)/b22-13-. The molecule has 0 bridgehead atoms. The molecule has 4 nitrogen and oxygen atoms in total. The summed E-state index contributed by atoms with van der Waals surface area (Å²) in [7, 11) is 1.61. The van der Waals surface area contributed by atoms with Crippen molar-refractivity contribution in [3.8, 4) is 11.5 Å². The molecule has 1 aliphatic heterocycles. The fourth-order valence-electron chi connectivity index (χ4n) is 3.98. The second-order valence-electron chi connectivity index (χ2n) is 7.52. The normalized spacial score (nSPS) is 13.8. The van der Waals surface area contributed by atoms with Crippen LogP contribution in [0, 0.1) is 0 Å². The Balaban J connectivity index is 1.46. The molecule has 0 saturated carbocycles. The van der Waals surface area contributed by atoms with Gasteiger partial charge in [-0.25, -0.2) is 0 Å². The molecule has 0 saturated heterocycles. The van der Waals surface area contributed by atoms with Gasteiger partial charge in [-0.3, -0.25) is 4.79 Å². The monoisotopic (exact) mass is 485 g/mol. The molecule has 1 aliphatic rings. The molecule has 1 heterocycles. The van der Waals surface area contributed by atoms with Gasteiger partial charge in [-0.2, -0.15) is 0 Å². The summed E-state index contributed by atoms with van der Waals surface area (Å²) in [5, 5.41) is 5.24. The minimum absolute atomic E-state index is 0.113. The third kappa shape index (κ3) is 3.76. The molecule has 5 rings (SSSR count). The van der Waals surface area contributed by atoms with Crippen LogP contribution in [0.25, 0.3) is 22.4 Å². The highest BCUT2D eigenvalue weighted by Gasteiger charge is 2.23. The van der Waals surface area contributed by atoms with Gasteiger partial charge in [-0.1, -0.05) is 60.7 Å².